The number of amides is 1. The van der Waals surface area contributed by atoms with Gasteiger partial charge < -0.3 is 19.8 Å². The van der Waals surface area contributed by atoms with Gasteiger partial charge in [-0.05, 0) is 37.4 Å². The highest BCUT2D eigenvalue weighted by Gasteiger charge is 2.32. The van der Waals surface area contributed by atoms with Crippen LogP contribution in [0, 0.1) is 5.41 Å². The molecule has 0 bridgehead atoms. The van der Waals surface area contributed by atoms with Crippen LogP contribution in [0.3, 0.4) is 0 Å². The van der Waals surface area contributed by atoms with Crippen LogP contribution in [0.4, 0.5) is 0 Å². The maximum atomic E-state index is 12.3. The second kappa shape index (κ2) is 7.92. The number of carbonyl (C=O) groups is 1. The molecule has 3 heterocycles. The van der Waals surface area contributed by atoms with Crippen LogP contribution in [0.5, 0.6) is 0 Å². The van der Waals surface area contributed by atoms with Gasteiger partial charge in [0.25, 0.3) is 0 Å². The van der Waals surface area contributed by atoms with Crippen LogP contribution in [0.2, 0.25) is 0 Å². The van der Waals surface area contributed by atoms with E-state index < -0.39 is 0 Å². The van der Waals surface area contributed by atoms with Crippen LogP contribution >= 0.6 is 11.3 Å². The number of carbonyl (C=O) groups excluding carboxylic acids is 1. The Bertz CT molecular complexity index is 642. The number of rotatable bonds is 7. The summed E-state index contributed by atoms with van der Waals surface area (Å²) in [6, 6.07) is 3.90. The minimum atomic E-state index is -0.0324. The fourth-order valence-corrected chi connectivity index (χ4v) is 3.71. The molecule has 7 heteroatoms. The van der Waals surface area contributed by atoms with Crippen molar-refractivity contribution in [3.8, 4) is 10.8 Å². The summed E-state index contributed by atoms with van der Waals surface area (Å²) in [7, 11) is 1.72. The zero-order chi connectivity index (χ0) is 16.8. The van der Waals surface area contributed by atoms with Crippen molar-refractivity contribution in [1.29, 1.82) is 0 Å². The zero-order valence-electron chi connectivity index (χ0n) is 13.8. The van der Waals surface area contributed by atoms with Crippen molar-refractivity contribution in [1.82, 2.24) is 15.6 Å². The number of oxazole rings is 1. The second-order valence-electron chi connectivity index (χ2n) is 6.26. The molecule has 6 nitrogen and oxygen atoms in total. The van der Waals surface area contributed by atoms with E-state index in [0.29, 0.717) is 24.7 Å². The van der Waals surface area contributed by atoms with Crippen molar-refractivity contribution in [2.45, 2.75) is 19.3 Å². The van der Waals surface area contributed by atoms with Gasteiger partial charge in [0.2, 0.25) is 11.8 Å². The molecule has 0 saturated carbocycles. The van der Waals surface area contributed by atoms with Gasteiger partial charge in [-0.2, -0.15) is 0 Å². The Morgan fingerprint density at radius 1 is 1.50 bits per heavy atom. The Balaban J connectivity index is 1.53. The van der Waals surface area contributed by atoms with Crippen molar-refractivity contribution < 1.29 is 13.9 Å². The third-order valence-corrected chi connectivity index (χ3v) is 5.26. The summed E-state index contributed by atoms with van der Waals surface area (Å²) in [6.45, 7) is 3.23. The number of nitrogens with one attached hydrogen (secondary N) is 2. The Kier molecular flexibility index (Phi) is 5.65. The smallest absolute Gasteiger partial charge is 0.236 e. The number of aromatic nitrogens is 1. The van der Waals surface area contributed by atoms with Gasteiger partial charge in [0, 0.05) is 19.1 Å². The molecule has 1 saturated heterocycles. The molecule has 1 aliphatic heterocycles. The predicted octanol–water partition coefficient (Wildman–Crippen LogP) is 2.08. The van der Waals surface area contributed by atoms with Gasteiger partial charge in [0.1, 0.15) is 6.26 Å². The van der Waals surface area contributed by atoms with E-state index in [1.54, 1.807) is 24.7 Å². The van der Waals surface area contributed by atoms with Gasteiger partial charge in [-0.1, -0.05) is 6.07 Å². The van der Waals surface area contributed by atoms with E-state index in [1.165, 1.54) is 0 Å². The normalized spacial score (nSPS) is 16.9. The molecule has 0 atom stereocenters. The van der Waals surface area contributed by atoms with E-state index in [-0.39, 0.29) is 17.7 Å². The van der Waals surface area contributed by atoms with E-state index in [1.807, 2.05) is 17.5 Å². The molecule has 0 spiro atoms. The Morgan fingerprint density at radius 3 is 3.04 bits per heavy atom. The summed E-state index contributed by atoms with van der Waals surface area (Å²) in [5.74, 6) is 0.539. The van der Waals surface area contributed by atoms with E-state index >= 15 is 0 Å². The third kappa shape index (κ3) is 4.23. The quantitative estimate of drug-likeness (QED) is 0.800. The summed E-state index contributed by atoms with van der Waals surface area (Å²) >= 11 is 1.57. The van der Waals surface area contributed by atoms with Crippen LogP contribution in [0.15, 0.2) is 28.2 Å². The summed E-state index contributed by atoms with van der Waals surface area (Å²) in [6.07, 6.45) is 3.81. The summed E-state index contributed by atoms with van der Waals surface area (Å²) in [5.41, 5.74) is 0.684. The van der Waals surface area contributed by atoms with Gasteiger partial charge in [-0.25, -0.2) is 4.98 Å². The van der Waals surface area contributed by atoms with E-state index in [2.05, 4.69) is 15.6 Å². The summed E-state index contributed by atoms with van der Waals surface area (Å²) in [4.78, 5) is 17.6. The van der Waals surface area contributed by atoms with Crippen molar-refractivity contribution in [2.75, 3.05) is 33.4 Å². The van der Waals surface area contributed by atoms with E-state index in [0.717, 1.165) is 30.8 Å². The molecule has 24 heavy (non-hydrogen) atoms. The molecule has 1 aliphatic rings. The number of ether oxygens (including phenoxy) is 1. The van der Waals surface area contributed by atoms with E-state index in [9.17, 15) is 4.79 Å². The molecule has 2 N–H and O–H groups in total. The molecule has 0 aromatic carbocycles. The average molecular weight is 349 g/mol. The third-order valence-electron chi connectivity index (χ3n) is 4.40. The monoisotopic (exact) mass is 349 g/mol. The zero-order valence-corrected chi connectivity index (χ0v) is 14.7. The summed E-state index contributed by atoms with van der Waals surface area (Å²) in [5, 5.41) is 8.37. The van der Waals surface area contributed by atoms with Gasteiger partial charge in [0.15, 0.2) is 0 Å². The maximum Gasteiger partial charge on any atom is 0.236 e. The highest BCUT2D eigenvalue weighted by atomic mass is 32.1. The molecular weight excluding hydrogens is 326 g/mol. The summed E-state index contributed by atoms with van der Waals surface area (Å²) < 4.78 is 10.8. The number of thiophene rings is 1. The molecule has 1 amide bonds. The molecule has 2 aromatic heterocycles. The van der Waals surface area contributed by atoms with Crippen LogP contribution in [-0.4, -0.2) is 44.2 Å². The fraction of sp³-hybridized carbons (Fsp3) is 0.529. The largest absolute Gasteiger partial charge is 0.444 e. The fourth-order valence-electron chi connectivity index (χ4n) is 3.05. The Labute approximate surface area is 145 Å². The number of nitrogens with zero attached hydrogens (tertiary/aromatic N) is 1. The van der Waals surface area contributed by atoms with Gasteiger partial charge in [-0.3, -0.25) is 4.79 Å². The predicted molar refractivity (Wildman–Crippen MR) is 92.9 cm³/mol. The van der Waals surface area contributed by atoms with Crippen molar-refractivity contribution in [3.63, 3.8) is 0 Å². The molecule has 0 aliphatic carbocycles. The van der Waals surface area contributed by atoms with Gasteiger partial charge in [0.05, 0.1) is 23.6 Å². The highest BCUT2D eigenvalue weighted by molar-refractivity contribution is 7.13. The van der Waals surface area contributed by atoms with Crippen LogP contribution < -0.4 is 10.6 Å². The molecule has 0 unspecified atom stereocenters. The van der Waals surface area contributed by atoms with E-state index in [4.69, 9.17) is 9.15 Å². The highest BCUT2D eigenvalue weighted by Crippen LogP contribution is 2.28. The molecule has 3 rings (SSSR count). The second-order valence-corrected chi connectivity index (χ2v) is 7.21. The minimum Gasteiger partial charge on any atom is -0.444 e. The topological polar surface area (TPSA) is 76.4 Å². The first-order chi connectivity index (χ1) is 11.7. The average Bonchev–Trinajstić information content (AvgIpc) is 3.25. The number of piperidine rings is 1. The first-order valence-corrected chi connectivity index (χ1v) is 9.03. The number of hydrogen-bond acceptors (Lipinski definition) is 6. The Hall–Kier alpha value is -1.70. The first-order valence-electron chi connectivity index (χ1n) is 8.15. The van der Waals surface area contributed by atoms with Crippen molar-refractivity contribution >= 4 is 17.2 Å². The van der Waals surface area contributed by atoms with Crippen LogP contribution in [-0.2, 0) is 16.0 Å². The minimum absolute atomic E-state index is 0.0294. The maximum absolute atomic E-state index is 12.3. The lowest BCUT2D eigenvalue weighted by Gasteiger charge is -2.37. The van der Waals surface area contributed by atoms with Gasteiger partial charge in [-0.15, -0.1) is 11.3 Å². The van der Waals surface area contributed by atoms with Crippen LogP contribution in [0.1, 0.15) is 18.5 Å². The number of hydrogen-bond donors (Lipinski definition) is 2. The molecule has 130 valence electrons. The molecule has 0 radical (unpaired) electrons. The standard InChI is InChI=1S/C17H23N3O3S/c1-22-12-17(4-6-18-7-5-17)11-19-15(21)9-13-10-23-16(20-13)14-3-2-8-24-14/h2-3,8,10,18H,4-7,9,11-12H2,1H3,(H,19,21). The molecule has 1 fully saturated rings. The number of methoxy groups -OCH3 is 1. The molecular formula is C17H23N3O3S. The molecule has 2 aromatic rings. The lowest BCUT2D eigenvalue weighted by Crippen LogP contribution is -2.47. The van der Waals surface area contributed by atoms with Crippen molar-refractivity contribution in [3.05, 3.63) is 29.5 Å². The lowest BCUT2D eigenvalue weighted by atomic mass is 9.79. The Morgan fingerprint density at radius 2 is 2.33 bits per heavy atom. The SMILES string of the molecule is COCC1(CNC(=O)Cc2coc(-c3cccs3)n2)CCNCC1. The van der Waals surface area contributed by atoms with Crippen LogP contribution in [0.25, 0.3) is 10.8 Å². The van der Waals surface area contributed by atoms with Crippen molar-refractivity contribution in [2.24, 2.45) is 5.41 Å². The lowest BCUT2D eigenvalue weighted by molar-refractivity contribution is -0.121. The van der Waals surface area contributed by atoms with Gasteiger partial charge >= 0.3 is 0 Å². The first kappa shape index (κ1) is 17.1.